The molecule has 43 heavy (non-hydrogen) atoms. The normalized spacial score (nSPS) is 26.6. The van der Waals surface area contributed by atoms with E-state index in [2.05, 4.69) is 184 Å². The molecular weight excluding hydrogens is 524 g/mol. The zero-order valence-electron chi connectivity index (χ0n) is 33.0. The summed E-state index contributed by atoms with van der Waals surface area (Å²) in [6.07, 6.45) is 0. The highest BCUT2D eigenvalue weighted by atomic mass is 15.4. The van der Waals surface area contributed by atoms with Gasteiger partial charge >= 0.3 is 0 Å². The minimum Gasteiger partial charge on any atom is -0.286 e. The number of hydrogen-bond donors (Lipinski definition) is 0. The molecule has 0 saturated carbocycles. The summed E-state index contributed by atoms with van der Waals surface area (Å²) in [6, 6.07) is 0. The van der Waals surface area contributed by atoms with Crippen molar-refractivity contribution < 1.29 is 4.58 Å². The maximum atomic E-state index is 4.47. The van der Waals surface area contributed by atoms with E-state index in [1.165, 1.54) is 22.4 Å². The van der Waals surface area contributed by atoms with Crippen LogP contribution in [-0.2, 0) is 0 Å². The molecule has 1 rings (SSSR count). The van der Waals surface area contributed by atoms with Crippen molar-refractivity contribution in [3.05, 3.63) is 36.5 Å². The van der Waals surface area contributed by atoms with Crippen molar-refractivity contribution in [1.29, 1.82) is 0 Å². The van der Waals surface area contributed by atoms with Crippen LogP contribution in [0.2, 0.25) is 0 Å². The first-order chi connectivity index (χ1) is 18.7. The summed E-state index contributed by atoms with van der Waals surface area (Å²) in [5.41, 5.74) is 2.78. The number of hydrogen-bond acceptors (Lipinski definition) is 3. The quantitative estimate of drug-likeness (QED) is 0.223. The molecule has 0 atom stereocenters. The van der Waals surface area contributed by atoms with Crippen LogP contribution in [0.3, 0.4) is 0 Å². The fourth-order valence-corrected chi connectivity index (χ4v) is 8.44. The van der Waals surface area contributed by atoms with Crippen LogP contribution in [0.15, 0.2) is 36.5 Å². The Labute approximate surface area is 270 Å². The van der Waals surface area contributed by atoms with E-state index < -0.39 is 0 Å². The van der Waals surface area contributed by atoms with E-state index in [1.807, 2.05) is 0 Å². The summed E-state index contributed by atoms with van der Waals surface area (Å²) in [6.45, 7) is 66.3. The van der Waals surface area contributed by atoms with Crippen molar-refractivity contribution in [3.63, 3.8) is 0 Å². The zero-order chi connectivity index (χ0) is 34.7. The van der Waals surface area contributed by atoms with E-state index in [0.717, 1.165) is 19.6 Å². The Balaban J connectivity index is 4.70. The van der Waals surface area contributed by atoms with Crippen molar-refractivity contribution in [3.8, 4) is 0 Å². The summed E-state index contributed by atoms with van der Waals surface area (Å²) in [5.74, 6) is 0. The van der Waals surface area contributed by atoms with Crippen molar-refractivity contribution in [2.45, 2.75) is 190 Å². The lowest BCUT2D eigenvalue weighted by Gasteiger charge is -2.68. The van der Waals surface area contributed by atoms with Gasteiger partial charge in [0.15, 0.2) is 11.1 Å². The van der Waals surface area contributed by atoms with Gasteiger partial charge < -0.3 is 0 Å². The van der Waals surface area contributed by atoms with E-state index in [4.69, 9.17) is 0 Å². The first kappa shape index (κ1) is 39.8. The van der Waals surface area contributed by atoms with Gasteiger partial charge in [-0.25, -0.2) is 4.58 Å². The number of nitrogens with zero attached hydrogens (tertiary/aromatic N) is 4. The third-order valence-electron chi connectivity index (χ3n) is 12.9. The third kappa shape index (κ3) is 6.28. The third-order valence-corrected chi connectivity index (χ3v) is 12.9. The predicted octanol–water partition coefficient (Wildman–Crippen LogP) is 9.36. The molecular formula is C39H75N4+. The van der Waals surface area contributed by atoms with Crippen molar-refractivity contribution in [2.75, 3.05) is 19.6 Å². The van der Waals surface area contributed by atoms with Crippen LogP contribution in [0.5, 0.6) is 0 Å². The molecule has 250 valence electrons. The van der Waals surface area contributed by atoms with Crippen LogP contribution in [0, 0.1) is 0 Å². The standard InChI is InChI=1S/C39H75N4/c1-28(2)25-40-32(9,10)34(13,14)41(26-29(3)4)36(17,18)38(21,22)43(31(7)8)39(23,24)37(19,20)42(27-30(5)6)35(15,16)33(40,11)12/h1,3,5,25-27H2,2,4,6-24H3/q+1. The Morgan fingerprint density at radius 1 is 0.395 bits per heavy atom. The highest BCUT2D eigenvalue weighted by molar-refractivity contribution is 5.74. The van der Waals surface area contributed by atoms with Crippen molar-refractivity contribution in [2.24, 2.45) is 0 Å². The summed E-state index contributed by atoms with van der Waals surface area (Å²) >= 11 is 0. The molecule has 0 aliphatic carbocycles. The van der Waals surface area contributed by atoms with Crippen LogP contribution in [0.1, 0.15) is 145 Å². The zero-order valence-corrected chi connectivity index (χ0v) is 33.0. The lowest BCUT2D eigenvalue weighted by molar-refractivity contribution is -0.689. The summed E-state index contributed by atoms with van der Waals surface area (Å²) in [5, 5.41) is 0. The summed E-state index contributed by atoms with van der Waals surface area (Å²) in [4.78, 5) is 8.30. The van der Waals surface area contributed by atoms with Gasteiger partial charge in [-0.3, -0.25) is 14.7 Å². The molecule has 4 heteroatoms. The van der Waals surface area contributed by atoms with Gasteiger partial charge in [-0.05, 0) is 104 Å². The molecule has 0 unspecified atom stereocenters. The molecule has 0 bridgehead atoms. The topological polar surface area (TPSA) is 12.7 Å². The molecule has 0 aromatic heterocycles. The molecule has 0 spiro atoms. The number of rotatable bonds is 6. The summed E-state index contributed by atoms with van der Waals surface area (Å²) < 4.78 is 2.75. The second kappa shape index (κ2) is 11.8. The fraction of sp³-hybridized carbons (Fsp3) is 0.821. The van der Waals surface area contributed by atoms with Gasteiger partial charge in [0.2, 0.25) is 0 Å². The molecule has 1 saturated heterocycles. The SMILES string of the molecule is C=C(C)CN1C(C)(C)C(C)(C)N(CC(=C)C)C(C)(C)C(C)(C)[N+](=C(C)C)C(C)(C)C(C)(C)N(CC(=C)C)C(C)(C)C1(C)C. The molecule has 1 fully saturated rings. The van der Waals surface area contributed by atoms with Gasteiger partial charge in [-0.1, -0.05) is 36.5 Å². The Morgan fingerprint density at radius 2 is 0.581 bits per heavy atom. The maximum absolute atomic E-state index is 4.47. The smallest absolute Gasteiger partial charge is 0.175 e. The van der Waals surface area contributed by atoms with Crippen LogP contribution in [0.25, 0.3) is 0 Å². The van der Waals surface area contributed by atoms with E-state index in [1.54, 1.807) is 0 Å². The average molecular weight is 600 g/mol. The first-order valence-corrected chi connectivity index (χ1v) is 16.6. The Bertz CT molecular complexity index is 1040. The Hall–Kier alpha value is -1.23. The molecule has 0 aromatic carbocycles. The molecule has 0 amide bonds. The average Bonchev–Trinajstić information content (AvgIpc) is 2.76. The van der Waals surface area contributed by atoms with E-state index in [9.17, 15) is 0 Å². The predicted molar refractivity (Wildman–Crippen MR) is 194 cm³/mol. The molecule has 4 nitrogen and oxygen atoms in total. The molecule has 0 radical (unpaired) electrons. The van der Waals surface area contributed by atoms with Gasteiger partial charge in [0, 0.05) is 83.3 Å². The maximum Gasteiger partial charge on any atom is 0.175 e. The van der Waals surface area contributed by atoms with E-state index >= 15 is 0 Å². The van der Waals surface area contributed by atoms with Gasteiger partial charge in [0.05, 0.1) is 11.1 Å². The van der Waals surface area contributed by atoms with Crippen molar-refractivity contribution in [1.82, 2.24) is 14.7 Å². The van der Waals surface area contributed by atoms with Crippen LogP contribution >= 0.6 is 0 Å². The van der Waals surface area contributed by atoms with Gasteiger partial charge in [0.25, 0.3) is 0 Å². The molecule has 0 N–H and O–H groups in total. The van der Waals surface area contributed by atoms with Crippen LogP contribution in [0.4, 0.5) is 0 Å². The first-order valence-electron chi connectivity index (χ1n) is 16.6. The van der Waals surface area contributed by atoms with Crippen molar-refractivity contribution >= 4 is 5.71 Å². The largest absolute Gasteiger partial charge is 0.286 e. The highest BCUT2D eigenvalue weighted by Crippen LogP contribution is 2.52. The molecule has 0 aromatic rings. The molecule has 1 aliphatic rings. The lowest BCUT2D eigenvalue weighted by atomic mass is 9.65. The minimum atomic E-state index is -0.265. The monoisotopic (exact) mass is 600 g/mol. The van der Waals surface area contributed by atoms with Crippen LogP contribution in [-0.4, -0.2) is 88.9 Å². The van der Waals surface area contributed by atoms with Gasteiger partial charge in [-0.2, -0.15) is 0 Å². The minimum absolute atomic E-state index is 0.260. The molecule has 1 heterocycles. The Kier molecular flexibility index (Phi) is 11.0. The molecule has 1 aliphatic heterocycles. The van der Waals surface area contributed by atoms with E-state index in [-0.39, 0.29) is 44.3 Å². The second-order valence-electron chi connectivity index (χ2n) is 18.4. The Morgan fingerprint density at radius 3 is 0.744 bits per heavy atom. The highest BCUT2D eigenvalue weighted by Gasteiger charge is 2.66. The lowest BCUT2D eigenvalue weighted by Crippen LogP contribution is -2.83. The fourth-order valence-electron chi connectivity index (χ4n) is 8.44. The second-order valence-corrected chi connectivity index (χ2v) is 18.4. The van der Waals surface area contributed by atoms with Crippen LogP contribution < -0.4 is 0 Å². The summed E-state index contributed by atoms with van der Waals surface area (Å²) in [7, 11) is 0. The van der Waals surface area contributed by atoms with E-state index in [0.29, 0.717) is 0 Å². The van der Waals surface area contributed by atoms with Gasteiger partial charge in [0.1, 0.15) is 5.71 Å². The van der Waals surface area contributed by atoms with Gasteiger partial charge in [-0.15, -0.1) is 0 Å².